The van der Waals surface area contributed by atoms with Crippen LogP contribution < -0.4 is 0 Å². The first kappa shape index (κ1) is 23.6. The van der Waals surface area contributed by atoms with Gasteiger partial charge in [0.1, 0.15) is 18.3 Å². The monoisotopic (exact) mass is 422 g/mol. The number of aliphatic hydroxyl groups is 4. The number of benzene rings is 1. The van der Waals surface area contributed by atoms with Crippen LogP contribution in [0.25, 0.3) is 6.08 Å². The first-order chi connectivity index (χ1) is 12.9. The van der Waals surface area contributed by atoms with E-state index in [4.69, 9.17) is 9.66 Å². The highest BCUT2D eigenvalue weighted by atomic mass is 32.3. The molecule has 4 atom stereocenters. The van der Waals surface area contributed by atoms with Gasteiger partial charge in [-0.3, -0.25) is 14.1 Å². The van der Waals surface area contributed by atoms with E-state index in [2.05, 4.69) is 4.18 Å². The summed E-state index contributed by atoms with van der Waals surface area (Å²) in [5.74, 6) is -4.01. The predicted molar refractivity (Wildman–Crippen MR) is 90.3 cm³/mol. The normalized spacial score (nSPS) is 16.5. The van der Waals surface area contributed by atoms with Gasteiger partial charge in [-0.1, -0.05) is 12.1 Å². The third-order valence-corrected chi connectivity index (χ3v) is 3.87. The van der Waals surface area contributed by atoms with Crippen molar-refractivity contribution in [3.05, 3.63) is 29.8 Å². The number of Topliss-reactive ketones (excluding diaryl/α,β-unsaturated/α-hetero) is 1. The van der Waals surface area contributed by atoms with Gasteiger partial charge < -0.3 is 30.6 Å². The van der Waals surface area contributed by atoms with E-state index in [1.165, 1.54) is 6.07 Å². The second-order valence-corrected chi connectivity index (χ2v) is 6.53. The Labute approximate surface area is 158 Å². The Morgan fingerprint density at radius 2 is 1.71 bits per heavy atom. The number of phenols is 2. The standard InChI is InChI=1S/C15H18O12S/c16-6-11(20)13(22)15(27-28(24,25)26)14(23)12(21)9(18)4-2-7-1-3-8(17)10(19)5-7/h1-5,11,13-17,19-20,22-23H,6H2,(H,24,25,26)/b4-2+/t11-,13-,14+,15+/m1/s1. The highest BCUT2D eigenvalue weighted by molar-refractivity contribution is 7.80. The summed E-state index contributed by atoms with van der Waals surface area (Å²) in [5.41, 5.74) is 0.174. The van der Waals surface area contributed by atoms with Crippen LogP contribution in [0.1, 0.15) is 5.56 Å². The average Bonchev–Trinajstić information content (AvgIpc) is 2.63. The Kier molecular flexibility index (Phi) is 8.19. The largest absolute Gasteiger partial charge is 0.504 e. The van der Waals surface area contributed by atoms with Crippen LogP contribution >= 0.6 is 0 Å². The number of hydrogen-bond donors (Lipinski definition) is 7. The molecule has 1 rings (SSSR count). The summed E-state index contributed by atoms with van der Waals surface area (Å²) in [7, 11) is -5.32. The van der Waals surface area contributed by atoms with Crippen molar-refractivity contribution < 1.29 is 57.4 Å². The molecule has 0 aliphatic rings. The lowest BCUT2D eigenvalue weighted by molar-refractivity contribution is -0.150. The fourth-order valence-electron chi connectivity index (χ4n) is 1.96. The number of aromatic hydroxyl groups is 2. The van der Waals surface area contributed by atoms with Crippen LogP contribution in [0.3, 0.4) is 0 Å². The van der Waals surface area contributed by atoms with E-state index in [0.29, 0.717) is 6.08 Å². The summed E-state index contributed by atoms with van der Waals surface area (Å²) in [6.45, 7) is -1.12. The topological polar surface area (TPSA) is 219 Å². The number of hydrogen-bond acceptors (Lipinski definition) is 11. The molecule has 0 aromatic heterocycles. The maximum absolute atomic E-state index is 12.0. The second kappa shape index (κ2) is 9.70. The summed E-state index contributed by atoms with van der Waals surface area (Å²) < 4.78 is 34.3. The molecule has 0 aliphatic carbocycles. The molecule has 1 aromatic rings. The lowest BCUT2D eigenvalue weighted by Crippen LogP contribution is -2.52. The number of phenolic OH excluding ortho intramolecular Hbond substituents is 2. The molecule has 0 unspecified atom stereocenters. The lowest BCUT2D eigenvalue weighted by Gasteiger charge is -2.27. The average molecular weight is 422 g/mol. The van der Waals surface area contributed by atoms with Crippen molar-refractivity contribution in [2.45, 2.75) is 24.4 Å². The minimum atomic E-state index is -5.32. The smallest absolute Gasteiger partial charge is 0.397 e. The lowest BCUT2D eigenvalue weighted by atomic mass is 9.98. The Morgan fingerprint density at radius 3 is 2.21 bits per heavy atom. The van der Waals surface area contributed by atoms with Gasteiger partial charge in [-0.05, 0) is 23.8 Å². The van der Waals surface area contributed by atoms with Gasteiger partial charge in [-0.15, -0.1) is 0 Å². The molecule has 156 valence electrons. The van der Waals surface area contributed by atoms with Crippen LogP contribution in [0.5, 0.6) is 11.5 Å². The quantitative estimate of drug-likeness (QED) is 0.0901. The molecule has 0 aliphatic heterocycles. The number of rotatable bonds is 10. The molecule has 0 amide bonds. The first-order valence-corrected chi connectivity index (χ1v) is 8.83. The number of carbonyl (C=O) groups excluding carboxylic acids is 2. The second-order valence-electron chi connectivity index (χ2n) is 5.48. The molecule has 0 heterocycles. The summed E-state index contributed by atoms with van der Waals surface area (Å²) in [5, 5.41) is 56.2. The van der Waals surface area contributed by atoms with Crippen LogP contribution in [0.4, 0.5) is 0 Å². The third kappa shape index (κ3) is 6.65. The van der Waals surface area contributed by atoms with Crippen molar-refractivity contribution in [2.75, 3.05) is 6.61 Å². The Hall–Kier alpha value is -2.39. The molecule has 0 saturated carbocycles. The first-order valence-electron chi connectivity index (χ1n) is 7.46. The zero-order valence-corrected chi connectivity index (χ0v) is 14.8. The summed E-state index contributed by atoms with van der Waals surface area (Å²) in [6.07, 6.45) is -7.92. The summed E-state index contributed by atoms with van der Waals surface area (Å²) in [4.78, 5) is 23.8. The number of ketones is 2. The minimum absolute atomic E-state index is 0.174. The maximum Gasteiger partial charge on any atom is 0.397 e. The van der Waals surface area contributed by atoms with Crippen LogP contribution in [0, 0.1) is 0 Å². The molecule has 0 saturated heterocycles. The number of allylic oxidation sites excluding steroid dienone is 1. The molecular formula is C15H18O12S. The van der Waals surface area contributed by atoms with Crippen molar-refractivity contribution in [1.29, 1.82) is 0 Å². The number of carbonyl (C=O) groups is 2. The third-order valence-electron chi connectivity index (χ3n) is 3.40. The van der Waals surface area contributed by atoms with Gasteiger partial charge in [0, 0.05) is 0 Å². The van der Waals surface area contributed by atoms with Gasteiger partial charge in [0.25, 0.3) is 0 Å². The van der Waals surface area contributed by atoms with Crippen molar-refractivity contribution >= 4 is 28.0 Å². The zero-order valence-electron chi connectivity index (χ0n) is 14.0. The van der Waals surface area contributed by atoms with Crippen molar-refractivity contribution in [3.8, 4) is 11.5 Å². The molecule has 1 aromatic carbocycles. The predicted octanol–water partition coefficient (Wildman–Crippen LogP) is -2.49. The van der Waals surface area contributed by atoms with Crippen molar-refractivity contribution in [1.82, 2.24) is 0 Å². The van der Waals surface area contributed by atoms with Crippen molar-refractivity contribution in [2.24, 2.45) is 0 Å². The van der Waals surface area contributed by atoms with E-state index in [1.54, 1.807) is 0 Å². The van der Waals surface area contributed by atoms with E-state index in [-0.39, 0.29) is 5.56 Å². The van der Waals surface area contributed by atoms with Crippen LogP contribution in [0.15, 0.2) is 24.3 Å². The van der Waals surface area contributed by atoms with Gasteiger partial charge >= 0.3 is 10.4 Å². The van der Waals surface area contributed by atoms with E-state index in [9.17, 15) is 43.5 Å². The van der Waals surface area contributed by atoms with Gasteiger partial charge in [-0.2, -0.15) is 8.42 Å². The van der Waals surface area contributed by atoms with E-state index in [1.807, 2.05) is 0 Å². The molecule has 0 spiro atoms. The van der Waals surface area contributed by atoms with Crippen LogP contribution in [0.2, 0.25) is 0 Å². The molecule has 12 nitrogen and oxygen atoms in total. The molecular weight excluding hydrogens is 404 g/mol. The molecule has 13 heteroatoms. The van der Waals surface area contributed by atoms with E-state index >= 15 is 0 Å². The summed E-state index contributed by atoms with van der Waals surface area (Å²) in [6, 6.07) is 3.41. The molecule has 0 radical (unpaired) electrons. The number of aliphatic hydroxyl groups excluding tert-OH is 4. The highest BCUT2D eigenvalue weighted by Gasteiger charge is 2.41. The van der Waals surface area contributed by atoms with Gasteiger partial charge in [0.15, 0.2) is 17.6 Å². The van der Waals surface area contributed by atoms with E-state index < -0.39 is 64.5 Å². The highest BCUT2D eigenvalue weighted by Crippen LogP contribution is 2.25. The van der Waals surface area contributed by atoms with Crippen LogP contribution in [-0.2, 0) is 24.2 Å². The zero-order chi connectivity index (χ0) is 21.6. The van der Waals surface area contributed by atoms with Crippen molar-refractivity contribution in [3.63, 3.8) is 0 Å². The fourth-order valence-corrected chi connectivity index (χ4v) is 2.46. The molecule has 7 N–H and O–H groups in total. The van der Waals surface area contributed by atoms with Crippen LogP contribution in [-0.4, -0.2) is 86.2 Å². The van der Waals surface area contributed by atoms with E-state index in [0.717, 1.165) is 18.2 Å². The van der Waals surface area contributed by atoms with Gasteiger partial charge in [-0.25, -0.2) is 4.18 Å². The maximum atomic E-state index is 12.0. The Morgan fingerprint density at radius 1 is 1.11 bits per heavy atom. The molecule has 28 heavy (non-hydrogen) atoms. The molecule has 0 bridgehead atoms. The minimum Gasteiger partial charge on any atom is -0.504 e. The van der Waals surface area contributed by atoms with Gasteiger partial charge in [0.05, 0.1) is 6.61 Å². The molecule has 0 fully saturated rings. The SMILES string of the molecule is O=C(/C=C/c1ccc(O)c(O)c1)C(=O)[C@H](O)[C@@H](OS(=O)(=O)O)[C@H](O)[C@H](O)CO. The Balaban J connectivity index is 3.02. The fraction of sp³-hybridized carbons (Fsp3) is 0.333. The Bertz CT molecular complexity index is 847. The van der Waals surface area contributed by atoms with Gasteiger partial charge in [0.2, 0.25) is 11.6 Å². The summed E-state index contributed by atoms with van der Waals surface area (Å²) >= 11 is 0.